The zero-order valence-electron chi connectivity index (χ0n) is 9.85. The van der Waals surface area contributed by atoms with Crippen LogP contribution in [0.5, 0.6) is 0 Å². The second kappa shape index (κ2) is 3.76. The Labute approximate surface area is 98.1 Å². The molecule has 5 nitrogen and oxygen atoms in total. The topological polar surface area (TPSA) is 76.5 Å². The van der Waals surface area contributed by atoms with Gasteiger partial charge in [0.05, 0.1) is 11.8 Å². The van der Waals surface area contributed by atoms with Gasteiger partial charge in [-0.1, -0.05) is 20.8 Å². The third-order valence-electron chi connectivity index (χ3n) is 2.30. The van der Waals surface area contributed by atoms with Crippen LogP contribution in [0.3, 0.4) is 0 Å². The fourth-order valence-electron chi connectivity index (χ4n) is 1.48. The van der Waals surface area contributed by atoms with Crippen LogP contribution < -0.4 is 0 Å². The minimum absolute atomic E-state index is 0.117. The molecule has 0 fully saturated rings. The van der Waals surface area contributed by atoms with Crippen LogP contribution in [-0.4, -0.2) is 16.1 Å². The van der Waals surface area contributed by atoms with Gasteiger partial charge in [-0.15, -0.1) is 0 Å². The molecule has 0 unspecified atom stereocenters. The number of carbonyl (C=O) groups is 1. The molecule has 2 heterocycles. The van der Waals surface area contributed by atoms with Crippen molar-refractivity contribution in [1.29, 1.82) is 0 Å². The first-order valence-corrected chi connectivity index (χ1v) is 5.17. The molecular weight excluding hydrogens is 222 g/mol. The van der Waals surface area contributed by atoms with Gasteiger partial charge in [0.15, 0.2) is 0 Å². The molecule has 5 heteroatoms. The van der Waals surface area contributed by atoms with E-state index in [-0.39, 0.29) is 17.1 Å². The molecule has 0 radical (unpaired) electrons. The third kappa shape index (κ3) is 2.08. The lowest BCUT2D eigenvalue weighted by Gasteiger charge is -2.14. The normalized spacial score (nSPS) is 11.7. The molecule has 0 atom stereocenters. The molecule has 0 aliphatic rings. The van der Waals surface area contributed by atoms with Gasteiger partial charge in [0.1, 0.15) is 12.0 Å². The maximum atomic E-state index is 11.1. The van der Waals surface area contributed by atoms with Crippen molar-refractivity contribution >= 4 is 5.97 Å². The molecule has 0 saturated heterocycles. The standard InChI is InChI=1S/C12H13NO4/c1-12(2,3)9-8(11(14)15)17-10(13-9)7-4-5-16-6-7/h4-6H,1-3H3,(H,14,15). The maximum absolute atomic E-state index is 11.1. The van der Waals surface area contributed by atoms with E-state index in [0.717, 1.165) is 0 Å². The van der Waals surface area contributed by atoms with Gasteiger partial charge in [-0.2, -0.15) is 0 Å². The lowest BCUT2D eigenvalue weighted by molar-refractivity contribution is 0.0659. The van der Waals surface area contributed by atoms with Crippen molar-refractivity contribution in [3.05, 3.63) is 30.0 Å². The van der Waals surface area contributed by atoms with Crippen molar-refractivity contribution in [2.75, 3.05) is 0 Å². The molecule has 0 aromatic carbocycles. The SMILES string of the molecule is CC(C)(C)c1nc(-c2ccoc2)oc1C(=O)O. The number of nitrogens with zero attached hydrogens (tertiary/aromatic N) is 1. The van der Waals surface area contributed by atoms with Gasteiger partial charge >= 0.3 is 5.97 Å². The molecule has 0 spiro atoms. The Bertz CT molecular complexity index is 531. The predicted octanol–water partition coefficient (Wildman–Crippen LogP) is 2.93. The van der Waals surface area contributed by atoms with E-state index in [2.05, 4.69) is 4.98 Å². The van der Waals surface area contributed by atoms with Gasteiger partial charge in [-0.25, -0.2) is 9.78 Å². The number of furan rings is 1. The molecule has 90 valence electrons. The molecule has 0 saturated carbocycles. The van der Waals surface area contributed by atoms with Crippen LogP contribution >= 0.6 is 0 Å². The number of carboxylic acids is 1. The number of carboxylic acid groups (broad SMARTS) is 1. The summed E-state index contributed by atoms with van der Waals surface area (Å²) in [5.74, 6) is -0.966. The summed E-state index contributed by atoms with van der Waals surface area (Å²) in [6.45, 7) is 5.66. The number of aromatic carboxylic acids is 1. The lowest BCUT2D eigenvalue weighted by Crippen LogP contribution is -2.16. The van der Waals surface area contributed by atoms with Crippen LogP contribution in [0.2, 0.25) is 0 Å². The Hall–Kier alpha value is -2.04. The van der Waals surface area contributed by atoms with E-state index in [1.54, 1.807) is 6.07 Å². The number of hydrogen-bond donors (Lipinski definition) is 1. The summed E-state index contributed by atoms with van der Waals surface area (Å²) in [4.78, 5) is 15.3. The zero-order valence-corrected chi connectivity index (χ0v) is 9.85. The van der Waals surface area contributed by atoms with Crippen molar-refractivity contribution in [3.8, 4) is 11.5 Å². The third-order valence-corrected chi connectivity index (χ3v) is 2.30. The monoisotopic (exact) mass is 235 g/mol. The predicted molar refractivity (Wildman–Crippen MR) is 59.9 cm³/mol. The molecular formula is C12H13NO4. The summed E-state index contributed by atoms with van der Waals surface area (Å²) < 4.78 is 10.2. The van der Waals surface area contributed by atoms with E-state index in [1.807, 2.05) is 20.8 Å². The summed E-state index contributed by atoms with van der Waals surface area (Å²) in [6, 6.07) is 1.67. The van der Waals surface area contributed by atoms with Crippen LogP contribution in [0.15, 0.2) is 27.4 Å². The van der Waals surface area contributed by atoms with Crippen LogP contribution in [-0.2, 0) is 5.41 Å². The number of hydrogen-bond acceptors (Lipinski definition) is 4. The molecule has 2 rings (SSSR count). The summed E-state index contributed by atoms with van der Waals surface area (Å²) in [7, 11) is 0. The Balaban J connectivity index is 2.56. The van der Waals surface area contributed by atoms with Gasteiger partial charge in [-0.3, -0.25) is 0 Å². The molecule has 2 aromatic rings. The van der Waals surface area contributed by atoms with E-state index in [9.17, 15) is 4.79 Å². The highest BCUT2D eigenvalue weighted by Gasteiger charge is 2.29. The largest absolute Gasteiger partial charge is 0.475 e. The number of rotatable bonds is 2. The number of aromatic nitrogens is 1. The first kappa shape index (κ1) is 11.4. The van der Waals surface area contributed by atoms with Crippen molar-refractivity contribution in [2.24, 2.45) is 0 Å². The van der Waals surface area contributed by atoms with E-state index in [1.165, 1.54) is 12.5 Å². The molecule has 1 N–H and O–H groups in total. The molecule has 0 bridgehead atoms. The average molecular weight is 235 g/mol. The minimum atomic E-state index is -1.11. The van der Waals surface area contributed by atoms with E-state index in [0.29, 0.717) is 11.3 Å². The highest BCUT2D eigenvalue weighted by atomic mass is 16.4. The van der Waals surface area contributed by atoms with Gasteiger partial charge < -0.3 is 13.9 Å². The highest BCUT2D eigenvalue weighted by Crippen LogP contribution is 2.30. The van der Waals surface area contributed by atoms with Crippen molar-refractivity contribution in [3.63, 3.8) is 0 Å². The molecule has 17 heavy (non-hydrogen) atoms. The van der Waals surface area contributed by atoms with E-state index >= 15 is 0 Å². The average Bonchev–Trinajstić information content (AvgIpc) is 2.85. The second-order valence-electron chi connectivity index (χ2n) is 4.76. The van der Waals surface area contributed by atoms with Gasteiger partial charge in [0.2, 0.25) is 11.7 Å². The van der Waals surface area contributed by atoms with Gasteiger partial charge in [-0.05, 0) is 6.07 Å². The molecule has 2 aromatic heterocycles. The first-order chi connectivity index (χ1) is 7.89. The Morgan fingerprint density at radius 1 is 1.41 bits per heavy atom. The zero-order chi connectivity index (χ0) is 12.6. The Morgan fingerprint density at radius 3 is 2.53 bits per heavy atom. The van der Waals surface area contributed by atoms with Crippen LogP contribution in [0.1, 0.15) is 37.0 Å². The summed E-state index contributed by atoms with van der Waals surface area (Å²) in [6.07, 6.45) is 2.95. The minimum Gasteiger partial charge on any atom is -0.475 e. The summed E-state index contributed by atoms with van der Waals surface area (Å²) >= 11 is 0. The van der Waals surface area contributed by atoms with Gasteiger partial charge in [0.25, 0.3) is 0 Å². The van der Waals surface area contributed by atoms with E-state index < -0.39 is 5.97 Å². The first-order valence-electron chi connectivity index (χ1n) is 5.17. The van der Waals surface area contributed by atoms with Gasteiger partial charge in [0, 0.05) is 5.41 Å². The smallest absolute Gasteiger partial charge is 0.373 e. The maximum Gasteiger partial charge on any atom is 0.373 e. The van der Waals surface area contributed by atoms with Crippen molar-refractivity contribution in [2.45, 2.75) is 26.2 Å². The molecule has 0 amide bonds. The Kier molecular flexibility index (Phi) is 2.53. The quantitative estimate of drug-likeness (QED) is 0.865. The summed E-state index contributed by atoms with van der Waals surface area (Å²) in [5, 5.41) is 9.08. The van der Waals surface area contributed by atoms with E-state index in [4.69, 9.17) is 13.9 Å². The molecule has 0 aliphatic heterocycles. The van der Waals surface area contributed by atoms with Crippen LogP contribution in [0.4, 0.5) is 0 Å². The summed E-state index contributed by atoms with van der Waals surface area (Å²) in [5.41, 5.74) is 0.670. The second-order valence-corrected chi connectivity index (χ2v) is 4.76. The number of oxazole rings is 1. The fourth-order valence-corrected chi connectivity index (χ4v) is 1.48. The Morgan fingerprint density at radius 2 is 2.12 bits per heavy atom. The lowest BCUT2D eigenvalue weighted by atomic mass is 9.91. The van der Waals surface area contributed by atoms with Crippen LogP contribution in [0.25, 0.3) is 11.5 Å². The van der Waals surface area contributed by atoms with Crippen LogP contribution in [0, 0.1) is 0 Å². The fraction of sp³-hybridized carbons (Fsp3) is 0.333. The molecule has 0 aliphatic carbocycles. The van der Waals surface area contributed by atoms with Crippen molar-refractivity contribution < 1.29 is 18.7 Å². The highest BCUT2D eigenvalue weighted by molar-refractivity contribution is 5.86. The van der Waals surface area contributed by atoms with Crippen molar-refractivity contribution in [1.82, 2.24) is 4.98 Å².